The Kier molecular flexibility index (Phi) is 3.41. The second kappa shape index (κ2) is 5.00. The van der Waals surface area contributed by atoms with Crippen LogP contribution in [0.3, 0.4) is 0 Å². The van der Waals surface area contributed by atoms with Crippen LogP contribution in [-0.2, 0) is 9.59 Å². The summed E-state index contributed by atoms with van der Waals surface area (Å²) >= 11 is 0. The number of carbonyl (C=O) groups is 3. The number of carbonyl (C=O) groups excluding carboxylic acids is 3. The van der Waals surface area contributed by atoms with Crippen LogP contribution in [0, 0.1) is 0 Å². The zero-order valence-corrected chi connectivity index (χ0v) is 10.1. The smallest absolute Gasteiger partial charge is 0.251 e. The number of hydrogen-bond acceptors (Lipinski definition) is 3. The molecule has 1 fully saturated rings. The zero-order valence-electron chi connectivity index (χ0n) is 10.1. The average Bonchev–Trinajstić information content (AvgIpc) is 2.69. The Morgan fingerprint density at radius 2 is 1.94 bits per heavy atom. The van der Waals surface area contributed by atoms with Crippen molar-refractivity contribution in [1.29, 1.82) is 0 Å². The lowest BCUT2D eigenvalue weighted by molar-refractivity contribution is -0.121. The molecule has 0 radical (unpaired) electrons. The number of hydrogen-bond donors (Lipinski definition) is 1. The summed E-state index contributed by atoms with van der Waals surface area (Å²) in [6.45, 7) is 2.54. The largest absolute Gasteiger partial charge is 0.352 e. The normalized spacial score (nSPS) is 15.1. The van der Waals surface area contributed by atoms with Gasteiger partial charge in [0.05, 0.1) is 13.0 Å². The van der Waals surface area contributed by atoms with Gasteiger partial charge in [-0.2, -0.15) is 0 Å². The highest BCUT2D eigenvalue weighted by molar-refractivity contribution is 6.15. The van der Waals surface area contributed by atoms with Crippen molar-refractivity contribution in [3.63, 3.8) is 0 Å². The SMILES string of the molecule is CCNC(=O)c1ccc(N2CC(=O)CC2=O)cc1. The van der Waals surface area contributed by atoms with Crippen molar-refractivity contribution in [2.24, 2.45) is 0 Å². The second-order valence-electron chi connectivity index (χ2n) is 4.10. The predicted molar refractivity (Wildman–Crippen MR) is 66.4 cm³/mol. The molecule has 1 heterocycles. The molecule has 0 unspecified atom stereocenters. The first-order chi connectivity index (χ1) is 8.61. The molecule has 0 saturated carbocycles. The fourth-order valence-corrected chi connectivity index (χ4v) is 1.88. The Balaban J connectivity index is 2.15. The molecular formula is C13H14N2O3. The molecule has 2 amide bonds. The molecule has 0 spiro atoms. The first kappa shape index (κ1) is 12.3. The van der Waals surface area contributed by atoms with Gasteiger partial charge in [-0.3, -0.25) is 14.4 Å². The van der Waals surface area contributed by atoms with Gasteiger partial charge in [0, 0.05) is 17.8 Å². The van der Waals surface area contributed by atoms with Crippen LogP contribution in [0.4, 0.5) is 5.69 Å². The number of ketones is 1. The van der Waals surface area contributed by atoms with E-state index in [1.165, 1.54) is 4.90 Å². The van der Waals surface area contributed by atoms with Crippen molar-refractivity contribution in [1.82, 2.24) is 5.32 Å². The van der Waals surface area contributed by atoms with Gasteiger partial charge in [0.2, 0.25) is 5.91 Å². The van der Waals surface area contributed by atoms with E-state index in [0.717, 1.165) is 0 Å². The lowest BCUT2D eigenvalue weighted by Crippen LogP contribution is -2.25. The van der Waals surface area contributed by atoms with Crippen molar-refractivity contribution in [3.05, 3.63) is 29.8 Å². The van der Waals surface area contributed by atoms with Crippen molar-refractivity contribution < 1.29 is 14.4 Å². The zero-order chi connectivity index (χ0) is 13.1. The van der Waals surface area contributed by atoms with Gasteiger partial charge < -0.3 is 10.2 Å². The lowest BCUT2D eigenvalue weighted by atomic mass is 10.2. The van der Waals surface area contributed by atoms with Crippen LogP contribution in [0.2, 0.25) is 0 Å². The van der Waals surface area contributed by atoms with Crippen LogP contribution in [0.5, 0.6) is 0 Å². The molecule has 1 aromatic carbocycles. The van der Waals surface area contributed by atoms with Gasteiger partial charge in [0.25, 0.3) is 5.91 Å². The number of amides is 2. The molecule has 0 aromatic heterocycles. The molecule has 94 valence electrons. The van der Waals surface area contributed by atoms with Crippen molar-refractivity contribution in [3.8, 4) is 0 Å². The van der Waals surface area contributed by atoms with Gasteiger partial charge in [-0.1, -0.05) is 0 Å². The minimum Gasteiger partial charge on any atom is -0.352 e. The summed E-state index contributed by atoms with van der Waals surface area (Å²) in [5.74, 6) is -0.411. The first-order valence-electron chi connectivity index (χ1n) is 5.82. The molecule has 2 rings (SSSR count). The lowest BCUT2D eigenvalue weighted by Gasteiger charge is -2.14. The molecule has 1 N–H and O–H groups in total. The number of rotatable bonds is 3. The number of nitrogens with one attached hydrogen (secondary N) is 1. The summed E-state index contributed by atoms with van der Waals surface area (Å²) in [7, 11) is 0. The van der Waals surface area contributed by atoms with E-state index in [4.69, 9.17) is 0 Å². The quantitative estimate of drug-likeness (QED) is 0.800. The fraction of sp³-hybridized carbons (Fsp3) is 0.308. The van der Waals surface area contributed by atoms with Gasteiger partial charge in [-0.25, -0.2) is 0 Å². The molecule has 0 aliphatic carbocycles. The third-order valence-corrected chi connectivity index (χ3v) is 2.76. The molecule has 1 aliphatic rings. The van der Waals surface area contributed by atoms with Crippen LogP contribution < -0.4 is 10.2 Å². The van der Waals surface area contributed by atoms with E-state index in [2.05, 4.69) is 5.32 Å². The Labute approximate surface area is 105 Å². The Morgan fingerprint density at radius 1 is 1.28 bits per heavy atom. The maximum absolute atomic E-state index is 11.5. The van der Waals surface area contributed by atoms with Gasteiger partial charge in [-0.05, 0) is 31.2 Å². The summed E-state index contributed by atoms with van der Waals surface area (Å²) < 4.78 is 0. The fourth-order valence-electron chi connectivity index (χ4n) is 1.88. The number of anilines is 1. The average molecular weight is 246 g/mol. The maximum atomic E-state index is 11.5. The Morgan fingerprint density at radius 3 is 2.44 bits per heavy atom. The van der Waals surface area contributed by atoms with Crippen LogP contribution in [-0.4, -0.2) is 30.7 Å². The minimum absolute atomic E-state index is 0.0297. The van der Waals surface area contributed by atoms with Crippen molar-refractivity contribution >= 4 is 23.3 Å². The van der Waals surface area contributed by atoms with E-state index < -0.39 is 0 Å². The molecule has 0 atom stereocenters. The van der Waals surface area contributed by atoms with Gasteiger partial charge in [0.1, 0.15) is 0 Å². The number of nitrogens with zero attached hydrogens (tertiary/aromatic N) is 1. The summed E-state index contributed by atoms with van der Waals surface area (Å²) in [5.41, 5.74) is 1.19. The molecule has 0 bridgehead atoms. The monoisotopic (exact) mass is 246 g/mol. The van der Waals surface area contributed by atoms with Crippen molar-refractivity contribution in [2.75, 3.05) is 18.0 Å². The highest BCUT2D eigenvalue weighted by Crippen LogP contribution is 2.20. The van der Waals surface area contributed by atoms with Crippen molar-refractivity contribution in [2.45, 2.75) is 13.3 Å². The van der Waals surface area contributed by atoms with Gasteiger partial charge in [0.15, 0.2) is 5.78 Å². The third-order valence-electron chi connectivity index (χ3n) is 2.76. The Hall–Kier alpha value is -2.17. The molecule has 18 heavy (non-hydrogen) atoms. The molecule has 5 heteroatoms. The standard InChI is InChI=1S/C13H14N2O3/c1-2-14-13(18)9-3-5-10(6-4-9)15-8-11(16)7-12(15)17/h3-6H,2,7-8H2,1H3,(H,14,18). The van der Waals surface area contributed by atoms with E-state index >= 15 is 0 Å². The second-order valence-corrected chi connectivity index (χ2v) is 4.10. The minimum atomic E-state index is -0.189. The number of Topliss-reactive ketones (excluding diaryl/α,β-unsaturated/α-hetero) is 1. The van der Waals surface area contributed by atoms with Crippen LogP contribution in [0.15, 0.2) is 24.3 Å². The third kappa shape index (κ3) is 2.40. The van der Waals surface area contributed by atoms with Crippen LogP contribution >= 0.6 is 0 Å². The summed E-state index contributed by atoms with van der Waals surface area (Å²) in [4.78, 5) is 35.7. The van der Waals surface area contributed by atoms with Crippen LogP contribution in [0.1, 0.15) is 23.7 Å². The Bertz CT molecular complexity index is 493. The maximum Gasteiger partial charge on any atom is 0.251 e. The van der Waals surface area contributed by atoms with E-state index in [0.29, 0.717) is 17.8 Å². The van der Waals surface area contributed by atoms with Gasteiger partial charge >= 0.3 is 0 Å². The molecule has 1 saturated heterocycles. The highest BCUT2D eigenvalue weighted by atomic mass is 16.2. The van der Waals surface area contributed by atoms with E-state index in [9.17, 15) is 14.4 Å². The summed E-state index contributed by atoms with van der Waals surface area (Å²) in [6.07, 6.45) is -0.0297. The topological polar surface area (TPSA) is 66.5 Å². The molecule has 1 aromatic rings. The summed E-state index contributed by atoms with van der Waals surface area (Å²) in [6, 6.07) is 6.66. The highest BCUT2D eigenvalue weighted by Gasteiger charge is 2.28. The molecular weight excluding hydrogens is 232 g/mol. The summed E-state index contributed by atoms with van der Waals surface area (Å²) in [5, 5.41) is 2.69. The van der Waals surface area contributed by atoms with E-state index in [1.807, 2.05) is 6.92 Å². The van der Waals surface area contributed by atoms with E-state index in [-0.39, 0.29) is 30.6 Å². The van der Waals surface area contributed by atoms with Gasteiger partial charge in [-0.15, -0.1) is 0 Å². The number of benzene rings is 1. The van der Waals surface area contributed by atoms with Crippen LogP contribution in [0.25, 0.3) is 0 Å². The first-order valence-corrected chi connectivity index (χ1v) is 5.82. The molecule has 1 aliphatic heterocycles. The predicted octanol–water partition coefficient (Wildman–Crippen LogP) is 0.742. The van der Waals surface area contributed by atoms with E-state index in [1.54, 1.807) is 24.3 Å². The molecule has 5 nitrogen and oxygen atoms in total.